The molecule has 0 amide bonds. The van der Waals surface area contributed by atoms with Crippen LogP contribution in [0.25, 0.3) is 33.4 Å². The van der Waals surface area contributed by atoms with E-state index in [0.29, 0.717) is 17.9 Å². The maximum absolute atomic E-state index is 12.5. The molecule has 8 nitrogen and oxygen atoms in total. The molecule has 164 valence electrons. The summed E-state index contributed by atoms with van der Waals surface area (Å²) >= 11 is 0. The van der Waals surface area contributed by atoms with Gasteiger partial charge in [0.05, 0.1) is 17.0 Å². The minimum Gasteiger partial charge on any atom is -0.492 e. The van der Waals surface area contributed by atoms with Gasteiger partial charge >= 0.3 is 0 Å². The van der Waals surface area contributed by atoms with Crippen molar-refractivity contribution in [3.63, 3.8) is 0 Å². The quantitative estimate of drug-likeness (QED) is 0.489. The zero-order valence-corrected chi connectivity index (χ0v) is 18.0. The van der Waals surface area contributed by atoms with E-state index in [1.165, 1.54) is 0 Å². The molecule has 0 radical (unpaired) electrons. The lowest BCUT2D eigenvalue weighted by Crippen LogP contribution is -2.45. The lowest BCUT2D eigenvalue weighted by Gasteiger charge is -2.32. The molecule has 0 spiro atoms. The monoisotopic (exact) mass is 430 g/mol. The first-order chi connectivity index (χ1) is 15.7. The first-order valence-electron chi connectivity index (χ1n) is 10.8. The van der Waals surface area contributed by atoms with Crippen LogP contribution in [0.2, 0.25) is 0 Å². The van der Waals surface area contributed by atoms with Crippen LogP contribution in [0.3, 0.4) is 0 Å². The third kappa shape index (κ3) is 4.42. The minimum absolute atomic E-state index is 0.238. The van der Waals surface area contributed by atoms with E-state index < -0.39 is 0 Å². The molecule has 1 aliphatic heterocycles. The number of ether oxygens (including phenoxy) is 1. The van der Waals surface area contributed by atoms with Crippen molar-refractivity contribution in [2.24, 2.45) is 0 Å². The lowest BCUT2D eigenvalue weighted by atomic mass is 10.1. The summed E-state index contributed by atoms with van der Waals surface area (Å²) in [4.78, 5) is 24.7. The number of rotatable bonds is 6. The Morgan fingerprint density at radius 1 is 1.03 bits per heavy atom. The standard InChI is InChI=1S/C24H26N6O2/c1-29-8-10-30(11-9-29)12-13-32-19-3-2-18-14-23(26-21(18)15-19)20-16-22(27-28-24(20)31)17-4-6-25-7-5-17/h2-7,14-16,26H,8-13H2,1H3,(H,28,31). The van der Waals surface area contributed by atoms with E-state index in [1.807, 2.05) is 36.4 Å². The fraction of sp³-hybridized carbons (Fsp3) is 0.292. The summed E-state index contributed by atoms with van der Waals surface area (Å²) in [6.45, 7) is 5.96. The van der Waals surface area contributed by atoms with E-state index in [2.05, 4.69) is 37.0 Å². The van der Waals surface area contributed by atoms with Gasteiger partial charge in [0, 0.05) is 67.7 Å². The number of aromatic nitrogens is 4. The highest BCUT2D eigenvalue weighted by molar-refractivity contribution is 5.87. The molecule has 0 bridgehead atoms. The number of likely N-dealkylation sites (N-methyl/N-ethyl adjacent to an activating group) is 1. The Hall–Kier alpha value is -3.49. The predicted molar refractivity (Wildman–Crippen MR) is 125 cm³/mol. The summed E-state index contributed by atoms with van der Waals surface area (Å²) in [6, 6.07) is 13.5. The fourth-order valence-corrected chi connectivity index (χ4v) is 3.98. The number of hydrogen-bond acceptors (Lipinski definition) is 6. The second-order valence-electron chi connectivity index (χ2n) is 8.16. The molecule has 32 heavy (non-hydrogen) atoms. The molecule has 1 saturated heterocycles. The van der Waals surface area contributed by atoms with E-state index in [4.69, 9.17) is 4.74 Å². The summed E-state index contributed by atoms with van der Waals surface area (Å²) in [5.74, 6) is 0.820. The maximum Gasteiger partial charge on any atom is 0.273 e. The summed E-state index contributed by atoms with van der Waals surface area (Å²) in [7, 11) is 2.16. The number of pyridine rings is 1. The average Bonchev–Trinajstić information content (AvgIpc) is 3.24. The molecular formula is C24H26N6O2. The molecular weight excluding hydrogens is 404 g/mol. The van der Waals surface area contributed by atoms with E-state index in [-0.39, 0.29) is 5.56 Å². The van der Waals surface area contributed by atoms with E-state index in [9.17, 15) is 4.79 Å². The third-order valence-electron chi connectivity index (χ3n) is 5.94. The number of nitrogens with one attached hydrogen (secondary N) is 2. The number of fused-ring (bicyclic) bond motifs is 1. The molecule has 2 N–H and O–H groups in total. The Kier molecular flexibility index (Phi) is 5.70. The van der Waals surface area contributed by atoms with Crippen LogP contribution in [0.15, 0.2) is 59.7 Å². The van der Waals surface area contributed by atoms with Gasteiger partial charge in [-0.2, -0.15) is 5.10 Å². The van der Waals surface area contributed by atoms with Crippen LogP contribution in [0.4, 0.5) is 0 Å². The van der Waals surface area contributed by atoms with Crippen molar-refractivity contribution in [1.82, 2.24) is 30.0 Å². The van der Waals surface area contributed by atoms with Crippen LogP contribution >= 0.6 is 0 Å². The van der Waals surface area contributed by atoms with Crippen molar-refractivity contribution in [2.75, 3.05) is 46.4 Å². The average molecular weight is 431 g/mol. The predicted octanol–water partition coefficient (Wildman–Crippen LogP) is 2.61. The molecule has 0 unspecified atom stereocenters. The number of aromatic amines is 2. The number of piperazine rings is 1. The van der Waals surface area contributed by atoms with Gasteiger partial charge in [-0.25, -0.2) is 5.10 Å². The van der Waals surface area contributed by atoms with E-state index >= 15 is 0 Å². The summed E-state index contributed by atoms with van der Waals surface area (Å²) < 4.78 is 6.00. The molecule has 0 atom stereocenters. The van der Waals surface area contributed by atoms with Crippen LogP contribution in [0, 0.1) is 0 Å². The number of nitrogens with zero attached hydrogens (tertiary/aromatic N) is 4. The van der Waals surface area contributed by atoms with Crippen LogP contribution in [0.5, 0.6) is 5.75 Å². The van der Waals surface area contributed by atoms with Gasteiger partial charge < -0.3 is 14.6 Å². The highest BCUT2D eigenvalue weighted by Gasteiger charge is 2.14. The maximum atomic E-state index is 12.5. The Morgan fingerprint density at radius 2 is 1.84 bits per heavy atom. The Bertz CT molecular complexity index is 1260. The van der Waals surface area contributed by atoms with Crippen LogP contribution in [-0.4, -0.2) is 76.3 Å². The van der Waals surface area contributed by atoms with Crippen LogP contribution in [0.1, 0.15) is 0 Å². The van der Waals surface area contributed by atoms with Gasteiger partial charge in [0.25, 0.3) is 5.56 Å². The third-order valence-corrected chi connectivity index (χ3v) is 5.94. The highest BCUT2D eigenvalue weighted by atomic mass is 16.5. The van der Waals surface area contributed by atoms with Gasteiger partial charge in [0.2, 0.25) is 0 Å². The summed E-state index contributed by atoms with van der Waals surface area (Å²) in [5.41, 5.74) is 3.56. The number of H-pyrrole nitrogens is 2. The van der Waals surface area contributed by atoms with Crippen LogP contribution in [-0.2, 0) is 0 Å². The molecule has 0 aliphatic carbocycles. The topological polar surface area (TPSA) is 90.1 Å². The van der Waals surface area contributed by atoms with E-state index in [1.54, 1.807) is 18.5 Å². The normalized spacial score (nSPS) is 15.3. The first kappa shape index (κ1) is 20.4. The minimum atomic E-state index is -0.238. The highest BCUT2D eigenvalue weighted by Crippen LogP contribution is 2.27. The molecule has 0 saturated carbocycles. The van der Waals surface area contributed by atoms with Crippen molar-refractivity contribution in [1.29, 1.82) is 0 Å². The molecule has 4 heterocycles. The molecule has 1 aliphatic rings. The second kappa shape index (κ2) is 8.94. The Balaban J connectivity index is 1.33. The van der Waals surface area contributed by atoms with Gasteiger partial charge in [0.1, 0.15) is 12.4 Å². The van der Waals surface area contributed by atoms with Crippen molar-refractivity contribution < 1.29 is 4.74 Å². The van der Waals surface area contributed by atoms with Gasteiger partial charge in [-0.05, 0) is 43.4 Å². The van der Waals surface area contributed by atoms with Gasteiger partial charge in [-0.1, -0.05) is 0 Å². The molecule has 3 aromatic heterocycles. The zero-order valence-electron chi connectivity index (χ0n) is 18.0. The summed E-state index contributed by atoms with van der Waals surface area (Å²) in [6.07, 6.45) is 3.41. The van der Waals surface area contributed by atoms with Crippen molar-refractivity contribution in [3.8, 4) is 28.3 Å². The molecule has 1 aromatic carbocycles. The molecule has 5 rings (SSSR count). The van der Waals surface area contributed by atoms with Gasteiger partial charge in [-0.15, -0.1) is 0 Å². The van der Waals surface area contributed by atoms with Crippen molar-refractivity contribution in [2.45, 2.75) is 0 Å². The van der Waals surface area contributed by atoms with Gasteiger partial charge in [0.15, 0.2) is 0 Å². The largest absolute Gasteiger partial charge is 0.492 e. The zero-order chi connectivity index (χ0) is 21.9. The van der Waals surface area contributed by atoms with Crippen molar-refractivity contribution in [3.05, 3.63) is 65.2 Å². The van der Waals surface area contributed by atoms with Crippen LogP contribution < -0.4 is 10.3 Å². The number of benzene rings is 1. The molecule has 1 fully saturated rings. The fourth-order valence-electron chi connectivity index (χ4n) is 3.98. The van der Waals surface area contributed by atoms with E-state index in [0.717, 1.165) is 60.6 Å². The second-order valence-corrected chi connectivity index (χ2v) is 8.16. The first-order valence-corrected chi connectivity index (χ1v) is 10.8. The smallest absolute Gasteiger partial charge is 0.273 e. The van der Waals surface area contributed by atoms with Gasteiger partial charge in [-0.3, -0.25) is 14.7 Å². The number of hydrogen-bond donors (Lipinski definition) is 2. The summed E-state index contributed by atoms with van der Waals surface area (Å²) in [5, 5.41) is 7.80. The Labute approximate surface area is 185 Å². The van der Waals surface area contributed by atoms with Crippen molar-refractivity contribution >= 4 is 10.9 Å². The molecule has 4 aromatic rings. The lowest BCUT2D eigenvalue weighted by molar-refractivity contribution is 0.134. The molecule has 8 heteroatoms. The Morgan fingerprint density at radius 3 is 2.66 bits per heavy atom. The SMILES string of the molecule is CN1CCN(CCOc2ccc3cc(-c4cc(-c5ccncc5)n[nH]c4=O)[nH]c3c2)CC1.